The normalized spacial score (nSPS) is 8.52. The number of hydrogen-bond donors (Lipinski definition) is 8. The number of hydrogen-bond acceptors (Lipinski definition) is 9. The minimum Gasteiger partial charge on any atom is -0.508 e. The fourth-order valence-electron chi connectivity index (χ4n) is 2.11. The third-order valence-corrected chi connectivity index (χ3v) is 3.80. The van der Waals surface area contributed by atoms with Crippen molar-refractivity contribution in [3.63, 3.8) is 0 Å². The highest BCUT2D eigenvalue weighted by molar-refractivity contribution is 6.32. The molecule has 0 bridgehead atoms. The average molecular weight is 613 g/mol. The molecule has 0 saturated carbocycles. The topological polar surface area (TPSA) is 247 Å². The van der Waals surface area contributed by atoms with Gasteiger partial charge in [0.05, 0.1) is 5.02 Å². The maximum Gasteiger partial charge on any atom is 0.300 e. The maximum absolute atomic E-state index is 12.1. The quantitative estimate of drug-likeness (QED) is 0.144. The molecular weight excluding hydrogens is 580 g/mol. The van der Waals surface area contributed by atoms with Gasteiger partial charge in [-0.25, -0.2) is 0 Å². The molecule has 230 valence electrons. The molecule has 0 amide bonds. The lowest BCUT2D eigenvalue weighted by Gasteiger charge is -2.04. The van der Waals surface area contributed by atoms with Crippen LogP contribution in [0.2, 0.25) is 5.02 Å². The van der Waals surface area contributed by atoms with Gasteiger partial charge < -0.3 is 40.9 Å². The van der Waals surface area contributed by atoms with Crippen molar-refractivity contribution in [2.24, 2.45) is 0 Å². The van der Waals surface area contributed by atoms with Gasteiger partial charge in [-0.05, 0) is 55.0 Å². The van der Waals surface area contributed by atoms with Crippen molar-refractivity contribution in [3.8, 4) is 23.0 Å². The van der Waals surface area contributed by atoms with Gasteiger partial charge in [0.2, 0.25) is 0 Å². The van der Waals surface area contributed by atoms with Gasteiger partial charge in [0, 0.05) is 44.9 Å². The summed E-state index contributed by atoms with van der Waals surface area (Å²) >= 11 is 5.40. The molecule has 8 N–H and O–H groups in total. The van der Waals surface area contributed by atoms with E-state index < -0.39 is 23.9 Å². The zero-order chi connectivity index (χ0) is 33.6. The van der Waals surface area contributed by atoms with E-state index in [1.165, 1.54) is 36.4 Å². The molecule has 0 spiro atoms. The summed E-state index contributed by atoms with van der Waals surface area (Å²) in [5, 5.41) is 66.1. The predicted octanol–water partition coefficient (Wildman–Crippen LogP) is 4.75. The fraction of sp³-hybridized carbons (Fsp3) is 0.179. The number of aryl methyl sites for hydroxylation is 1. The number of carboxylic acids is 4. The molecule has 0 atom stereocenters. The van der Waals surface area contributed by atoms with Gasteiger partial charge in [0.15, 0.2) is 5.78 Å². The van der Waals surface area contributed by atoms with Gasteiger partial charge in [0.1, 0.15) is 23.0 Å². The first-order valence-electron chi connectivity index (χ1n) is 11.3. The van der Waals surface area contributed by atoms with Crippen LogP contribution in [-0.4, -0.2) is 70.5 Å². The van der Waals surface area contributed by atoms with Crippen molar-refractivity contribution in [3.05, 3.63) is 82.4 Å². The van der Waals surface area contributed by atoms with E-state index in [1.807, 2.05) is 0 Å². The molecule has 42 heavy (non-hydrogen) atoms. The summed E-state index contributed by atoms with van der Waals surface area (Å²) < 4.78 is 0. The van der Waals surface area contributed by atoms with Crippen LogP contribution in [0.1, 0.15) is 49.2 Å². The second-order valence-electron chi connectivity index (χ2n) is 7.59. The van der Waals surface area contributed by atoms with Crippen LogP contribution in [0.5, 0.6) is 23.0 Å². The van der Waals surface area contributed by atoms with E-state index in [-0.39, 0.29) is 33.8 Å². The van der Waals surface area contributed by atoms with Crippen molar-refractivity contribution in [2.75, 3.05) is 0 Å². The first-order chi connectivity index (χ1) is 19.2. The Morgan fingerprint density at radius 2 is 0.929 bits per heavy atom. The predicted molar refractivity (Wildman–Crippen MR) is 152 cm³/mol. The zero-order valence-corrected chi connectivity index (χ0v) is 24.0. The molecule has 0 unspecified atom stereocenters. The largest absolute Gasteiger partial charge is 0.508 e. The van der Waals surface area contributed by atoms with Crippen LogP contribution in [0.3, 0.4) is 0 Å². The number of carbonyl (C=O) groups is 5. The van der Waals surface area contributed by atoms with E-state index in [9.17, 15) is 15.0 Å². The molecule has 0 aliphatic heterocycles. The Kier molecular flexibility index (Phi) is 22.1. The highest BCUT2D eigenvalue weighted by atomic mass is 35.5. The van der Waals surface area contributed by atoms with E-state index in [0.29, 0.717) is 16.7 Å². The SMILES string of the molecule is CC(=O)O.CC(=O)O.CC(=O)O.CC(=O)O.Cc1cc(C(=O)c2cccc(O)c2)ccc1O.Oc1ccc(O)c(Cl)c1. The van der Waals surface area contributed by atoms with Crippen molar-refractivity contribution < 1.29 is 64.8 Å². The average Bonchev–Trinajstić information content (AvgIpc) is 2.82. The summed E-state index contributed by atoms with van der Waals surface area (Å²) in [6, 6.07) is 14.8. The first-order valence-corrected chi connectivity index (χ1v) is 11.7. The fourth-order valence-corrected chi connectivity index (χ4v) is 2.28. The van der Waals surface area contributed by atoms with E-state index in [1.54, 1.807) is 31.2 Å². The Bertz CT molecular complexity index is 1260. The third kappa shape index (κ3) is 26.3. The van der Waals surface area contributed by atoms with Crippen molar-refractivity contribution in [2.45, 2.75) is 34.6 Å². The summed E-state index contributed by atoms with van der Waals surface area (Å²) in [5.41, 5.74) is 1.57. The van der Waals surface area contributed by atoms with Crippen LogP contribution in [0.15, 0.2) is 60.7 Å². The van der Waals surface area contributed by atoms with Gasteiger partial charge in [-0.2, -0.15) is 0 Å². The summed E-state index contributed by atoms with van der Waals surface area (Å²) in [6.45, 7) is 6.06. The Hall–Kier alpha value is -5.30. The molecular formula is C28H33ClO13. The Labute approximate surface area is 246 Å². The number of phenols is 4. The molecule has 13 nitrogen and oxygen atoms in total. The number of rotatable bonds is 2. The van der Waals surface area contributed by atoms with Gasteiger partial charge in [-0.3, -0.25) is 24.0 Å². The van der Waals surface area contributed by atoms with Gasteiger partial charge in [-0.15, -0.1) is 0 Å². The Balaban J connectivity index is -0.000000510. The minimum absolute atomic E-state index is 0.0190. The molecule has 0 aliphatic carbocycles. The molecule has 3 aromatic carbocycles. The first kappa shape index (κ1) is 41.2. The standard InChI is InChI=1S/C14H12O3.C6H5ClO2.4C2H4O2/c1-9-7-11(5-6-13(9)16)14(17)10-3-2-4-12(15)8-10;7-5-3-4(8)1-2-6(5)9;4*1-2(3)4/h2-8,15-16H,1H3;1-3,8-9H;4*1H3,(H,3,4). The lowest BCUT2D eigenvalue weighted by atomic mass is 10.0. The Morgan fingerprint density at radius 3 is 1.29 bits per heavy atom. The molecule has 0 saturated heterocycles. The van der Waals surface area contributed by atoms with Gasteiger partial charge in [-0.1, -0.05) is 23.7 Å². The van der Waals surface area contributed by atoms with Gasteiger partial charge >= 0.3 is 0 Å². The van der Waals surface area contributed by atoms with Crippen LogP contribution in [0.25, 0.3) is 0 Å². The number of aromatic hydroxyl groups is 4. The number of carboxylic acid groups (broad SMARTS) is 4. The van der Waals surface area contributed by atoms with E-state index in [0.717, 1.165) is 27.7 Å². The molecule has 0 radical (unpaired) electrons. The lowest BCUT2D eigenvalue weighted by molar-refractivity contribution is -0.135. The minimum atomic E-state index is -0.833. The van der Waals surface area contributed by atoms with Crippen molar-refractivity contribution in [1.29, 1.82) is 0 Å². The monoisotopic (exact) mass is 612 g/mol. The number of benzene rings is 3. The Morgan fingerprint density at radius 1 is 0.548 bits per heavy atom. The van der Waals surface area contributed by atoms with Crippen LogP contribution in [0.4, 0.5) is 0 Å². The molecule has 0 aromatic heterocycles. The summed E-state index contributed by atoms with van der Waals surface area (Å²) in [6.07, 6.45) is 0. The third-order valence-electron chi connectivity index (χ3n) is 3.50. The number of carbonyl (C=O) groups excluding carboxylic acids is 1. The second kappa shape index (κ2) is 22.5. The summed E-state index contributed by atoms with van der Waals surface area (Å²) in [7, 11) is 0. The second-order valence-corrected chi connectivity index (χ2v) is 8.00. The van der Waals surface area contributed by atoms with Crippen molar-refractivity contribution in [1.82, 2.24) is 0 Å². The van der Waals surface area contributed by atoms with Gasteiger partial charge in [0.25, 0.3) is 23.9 Å². The molecule has 3 rings (SSSR count). The number of halogens is 1. The number of phenolic OH excluding ortho intramolecular Hbond substituents is 4. The number of ketones is 1. The highest BCUT2D eigenvalue weighted by Gasteiger charge is 2.10. The van der Waals surface area contributed by atoms with E-state index in [4.69, 9.17) is 61.4 Å². The maximum atomic E-state index is 12.1. The molecule has 14 heteroatoms. The van der Waals surface area contributed by atoms with Crippen molar-refractivity contribution >= 4 is 41.3 Å². The van der Waals surface area contributed by atoms with E-state index in [2.05, 4.69) is 0 Å². The molecule has 0 aliphatic rings. The number of aliphatic carboxylic acids is 4. The molecule has 0 fully saturated rings. The molecule has 0 heterocycles. The van der Waals surface area contributed by atoms with E-state index >= 15 is 0 Å². The zero-order valence-electron chi connectivity index (χ0n) is 23.3. The molecule has 3 aromatic rings. The van der Waals surface area contributed by atoms with Crippen LogP contribution in [-0.2, 0) is 19.2 Å². The lowest BCUT2D eigenvalue weighted by Crippen LogP contribution is -2.01. The smallest absolute Gasteiger partial charge is 0.300 e. The van der Waals surface area contributed by atoms with Crippen LogP contribution < -0.4 is 0 Å². The van der Waals surface area contributed by atoms with Crippen LogP contribution >= 0.6 is 11.6 Å². The summed E-state index contributed by atoms with van der Waals surface area (Å²) in [4.78, 5) is 48.1. The highest BCUT2D eigenvalue weighted by Crippen LogP contribution is 2.26. The summed E-state index contributed by atoms with van der Waals surface area (Å²) in [5.74, 6) is -3.25. The van der Waals surface area contributed by atoms with Crippen LogP contribution in [0, 0.1) is 6.92 Å².